The van der Waals surface area contributed by atoms with Gasteiger partial charge in [-0.05, 0) is 74.3 Å². The second-order valence-electron chi connectivity index (χ2n) is 11.6. The standard InChI is InChI=1S/C32H38O6/c1-7-18(2)13-20(4)14-19(3)11-12-25(34)29-30-23-17-37-26(28-21(5)9-8-10-24(28)33)15-22(23)16-27(35)32(30,6)38-31(29)36/h8,10-12,14-18,20-21,28-30H,7,9,13H2,1-6H3/b12-11+,19-14+/t18-,20-,21-,28+,29+,30-,32-/m0/s1. The molecule has 0 aromatic rings. The first-order valence-corrected chi connectivity index (χ1v) is 13.6. The van der Waals surface area contributed by atoms with Gasteiger partial charge in [-0.25, -0.2) is 0 Å². The molecule has 2 aliphatic carbocycles. The molecule has 0 aromatic carbocycles. The molecule has 0 bridgehead atoms. The second kappa shape index (κ2) is 10.8. The Bertz CT molecular complexity index is 1220. The van der Waals surface area contributed by atoms with Gasteiger partial charge in [0.2, 0.25) is 0 Å². The van der Waals surface area contributed by atoms with E-state index in [2.05, 4.69) is 26.8 Å². The zero-order valence-electron chi connectivity index (χ0n) is 23.2. The lowest BCUT2D eigenvalue weighted by molar-refractivity contribution is -0.156. The van der Waals surface area contributed by atoms with Crippen LogP contribution in [0.2, 0.25) is 0 Å². The summed E-state index contributed by atoms with van der Waals surface area (Å²) in [6.45, 7) is 12.0. The molecule has 2 heterocycles. The molecular formula is C32H38O6. The Morgan fingerprint density at radius 3 is 2.61 bits per heavy atom. The van der Waals surface area contributed by atoms with Gasteiger partial charge in [0.15, 0.2) is 23.0 Å². The molecule has 6 nitrogen and oxygen atoms in total. The first-order chi connectivity index (χ1) is 18.0. The minimum absolute atomic E-state index is 0.0427. The minimum Gasteiger partial charge on any atom is -0.468 e. The number of ether oxygens (including phenoxy) is 2. The summed E-state index contributed by atoms with van der Waals surface area (Å²) >= 11 is 0. The molecule has 7 atom stereocenters. The highest BCUT2D eigenvalue weighted by atomic mass is 16.6. The topological polar surface area (TPSA) is 86.7 Å². The maximum absolute atomic E-state index is 13.4. The van der Waals surface area contributed by atoms with Gasteiger partial charge in [-0.1, -0.05) is 57.9 Å². The summed E-state index contributed by atoms with van der Waals surface area (Å²) in [6, 6.07) is 0. The number of hydrogen-bond donors (Lipinski definition) is 0. The van der Waals surface area contributed by atoms with Crippen LogP contribution in [0.4, 0.5) is 0 Å². The van der Waals surface area contributed by atoms with Crippen LogP contribution in [0, 0.1) is 35.5 Å². The number of ketones is 3. The van der Waals surface area contributed by atoms with Crippen LogP contribution in [0.1, 0.15) is 60.8 Å². The van der Waals surface area contributed by atoms with Crippen LogP contribution in [-0.2, 0) is 28.7 Å². The summed E-state index contributed by atoms with van der Waals surface area (Å²) in [7, 11) is 0. The Labute approximate surface area is 225 Å². The Kier molecular flexibility index (Phi) is 7.91. The molecule has 2 aliphatic heterocycles. The lowest BCUT2D eigenvalue weighted by atomic mass is 9.67. The Morgan fingerprint density at radius 1 is 1.18 bits per heavy atom. The van der Waals surface area contributed by atoms with Crippen LogP contribution in [-0.4, -0.2) is 28.9 Å². The number of esters is 1. The highest BCUT2D eigenvalue weighted by molar-refractivity contribution is 6.12. The average Bonchev–Trinajstić information content (AvgIpc) is 3.13. The average molecular weight is 519 g/mol. The quantitative estimate of drug-likeness (QED) is 0.176. The Hall–Kier alpha value is -3.28. The van der Waals surface area contributed by atoms with E-state index in [-0.39, 0.29) is 17.5 Å². The van der Waals surface area contributed by atoms with Crippen LogP contribution in [0.25, 0.3) is 0 Å². The van der Waals surface area contributed by atoms with Crippen molar-refractivity contribution < 1.29 is 28.7 Å². The molecule has 0 unspecified atom stereocenters. The molecule has 0 amide bonds. The zero-order valence-corrected chi connectivity index (χ0v) is 23.2. The third-order valence-electron chi connectivity index (χ3n) is 8.36. The predicted octanol–water partition coefficient (Wildman–Crippen LogP) is 5.77. The molecule has 6 heteroatoms. The summed E-state index contributed by atoms with van der Waals surface area (Å²) in [5.74, 6) is -2.44. The minimum atomic E-state index is -1.48. The van der Waals surface area contributed by atoms with Crippen molar-refractivity contribution in [3.8, 4) is 0 Å². The molecule has 1 saturated heterocycles. The largest absolute Gasteiger partial charge is 0.468 e. The fourth-order valence-electron chi connectivity index (χ4n) is 6.08. The van der Waals surface area contributed by atoms with Gasteiger partial charge >= 0.3 is 5.97 Å². The highest BCUT2D eigenvalue weighted by Crippen LogP contribution is 2.50. The summed E-state index contributed by atoms with van der Waals surface area (Å²) in [4.78, 5) is 52.1. The van der Waals surface area contributed by atoms with Crippen molar-refractivity contribution in [3.63, 3.8) is 0 Å². The SMILES string of the molecule is CC[C@H](C)C[C@H](C)/C=C(C)/C=C/C(=O)[C@H]1C(=O)O[C@@]2(C)C(=O)C=C3C=C([C@H]4C(=O)C=CC[C@@H]4C)OC=C3[C@@H]12. The van der Waals surface area contributed by atoms with Crippen molar-refractivity contribution in [1.82, 2.24) is 0 Å². The monoisotopic (exact) mass is 518 g/mol. The van der Waals surface area contributed by atoms with Crippen molar-refractivity contribution in [3.05, 3.63) is 71.3 Å². The van der Waals surface area contributed by atoms with Gasteiger partial charge < -0.3 is 9.47 Å². The summed E-state index contributed by atoms with van der Waals surface area (Å²) in [5.41, 5.74) is 0.580. The fourth-order valence-corrected chi connectivity index (χ4v) is 6.08. The number of rotatable bonds is 8. The molecule has 0 saturated carbocycles. The highest BCUT2D eigenvalue weighted by Gasteiger charge is 2.62. The van der Waals surface area contributed by atoms with Crippen molar-refractivity contribution in [2.45, 2.75) is 66.4 Å². The van der Waals surface area contributed by atoms with E-state index in [1.54, 1.807) is 25.2 Å². The third kappa shape index (κ3) is 5.18. The molecule has 0 radical (unpaired) electrons. The number of carbonyl (C=O) groups is 4. The van der Waals surface area contributed by atoms with Gasteiger partial charge in [-0.3, -0.25) is 19.2 Å². The summed E-state index contributed by atoms with van der Waals surface area (Å²) in [6.07, 6.45) is 16.3. The molecule has 4 rings (SSSR count). The molecule has 0 spiro atoms. The van der Waals surface area contributed by atoms with Crippen LogP contribution in [0.15, 0.2) is 71.3 Å². The van der Waals surface area contributed by atoms with Gasteiger partial charge in [0.25, 0.3) is 0 Å². The van der Waals surface area contributed by atoms with Gasteiger partial charge in [-0.15, -0.1) is 0 Å². The van der Waals surface area contributed by atoms with E-state index in [1.807, 2.05) is 19.9 Å². The number of hydrogen-bond acceptors (Lipinski definition) is 6. The van der Waals surface area contributed by atoms with E-state index in [0.29, 0.717) is 28.7 Å². The van der Waals surface area contributed by atoms with Crippen LogP contribution in [0.5, 0.6) is 0 Å². The van der Waals surface area contributed by atoms with Crippen molar-refractivity contribution in [2.24, 2.45) is 35.5 Å². The van der Waals surface area contributed by atoms with Gasteiger partial charge in [0.05, 0.1) is 18.1 Å². The number of carbonyl (C=O) groups excluding carboxylic acids is 4. The molecular weight excluding hydrogens is 480 g/mol. The Morgan fingerprint density at radius 2 is 1.92 bits per heavy atom. The lowest BCUT2D eigenvalue weighted by Crippen LogP contribution is -2.46. The normalized spacial score (nSPS) is 32.5. The third-order valence-corrected chi connectivity index (χ3v) is 8.36. The first-order valence-electron chi connectivity index (χ1n) is 13.6. The maximum Gasteiger partial charge on any atom is 0.318 e. The fraction of sp³-hybridized carbons (Fsp3) is 0.500. The number of allylic oxidation sites excluding steroid dienone is 9. The van der Waals surface area contributed by atoms with Crippen LogP contribution < -0.4 is 0 Å². The molecule has 38 heavy (non-hydrogen) atoms. The van der Waals surface area contributed by atoms with Gasteiger partial charge in [0, 0.05) is 5.57 Å². The molecule has 4 aliphatic rings. The van der Waals surface area contributed by atoms with E-state index in [0.717, 1.165) is 24.8 Å². The van der Waals surface area contributed by atoms with Crippen LogP contribution >= 0.6 is 0 Å². The van der Waals surface area contributed by atoms with E-state index in [9.17, 15) is 19.2 Å². The van der Waals surface area contributed by atoms with E-state index in [1.165, 1.54) is 18.4 Å². The lowest BCUT2D eigenvalue weighted by Gasteiger charge is -2.36. The van der Waals surface area contributed by atoms with E-state index in [4.69, 9.17) is 9.47 Å². The zero-order chi connectivity index (χ0) is 27.8. The number of fused-ring (bicyclic) bond motifs is 3. The van der Waals surface area contributed by atoms with E-state index >= 15 is 0 Å². The van der Waals surface area contributed by atoms with Crippen molar-refractivity contribution >= 4 is 23.3 Å². The van der Waals surface area contributed by atoms with Crippen molar-refractivity contribution in [1.29, 1.82) is 0 Å². The first kappa shape index (κ1) is 27.7. The predicted molar refractivity (Wildman–Crippen MR) is 144 cm³/mol. The van der Waals surface area contributed by atoms with Gasteiger partial charge in [-0.2, -0.15) is 0 Å². The van der Waals surface area contributed by atoms with Gasteiger partial charge in [0.1, 0.15) is 11.7 Å². The smallest absolute Gasteiger partial charge is 0.318 e. The summed E-state index contributed by atoms with van der Waals surface area (Å²) in [5, 5.41) is 0. The van der Waals surface area contributed by atoms with Crippen molar-refractivity contribution in [2.75, 3.05) is 0 Å². The molecule has 202 valence electrons. The van der Waals surface area contributed by atoms with Crippen LogP contribution in [0.3, 0.4) is 0 Å². The maximum atomic E-state index is 13.4. The Balaban J connectivity index is 1.59. The molecule has 1 fully saturated rings. The molecule has 0 aromatic heterocycles. The summed E-state index contributed by atoms with van der Waals surface area (Å²) < 4.78 is 11.5. The van der Waals surface area contributed by atoms with E-state index < -0.39 is 35.1 Å². The second-order valence-corrected chi connectivity index (χ2v) is 11.6. The molecule has 0 N–H and O–H groups in total.